The molecule has 0 aliphatic rings. The lowest BCUT2D eigenvalue weighted by atomic mass is 9.91. The van der Waals surface area contributed by atoms with E-state index in [1.807, 2.05) is 0 Å². The van der Waals surface area contributed by atoms with Gasteiger partial charge in [-0.15, -0.1) is 20.4 Å². The average molecular weight is 380 g/mol. The van der Waals surface area contributed by atoms with Crippen molar-refractivity contribution in [3.63, 3.8) is 0 Å². The van der Waals surface area contributed by atoms with Gasteiger partial charge in [0.25, 0.3) is 0 Å². The van der Waals surface area contributed by atoms with Crippen LogP contribution < -0.4 is 0 Å². The third-order valence-electron chi connectivity index (χ3n) is 6.53. The van der Waals surface area contributed by atoms with Crippen LogP contribution in [0.5, 0.6) is 0 Å². The Labute approximate surface area is 169 Å². The number of fused-ring (bicyclic) bond motifs is 4. The molecule has 0 aliphatic heterocycles. The largest absolute Gasteiger partial charge is 0.149 e. The number of rotatable bonds is 0. The van der Waals surface area contributed by atoms with E-state index >= 15 is 0 Å². The van der Waals surface area contributed by atoms with Crippen molar-refractivity contribution in [2.75, 3.05) is 0 Å². The summed E-state index contributed by atoms with van der Waals surface area (Å²) in [5.74, 6) is 0. The number of hydrogen-bond donors (Lipinski definition) is 0. The number of hydrogen-bond acceptors (Lipinski definition) is 4. The summed E-state index contributed by atoms with van der Waals surface area (Å²) in [5.41, 5.74) is 3.60. The van der Waals surface area contributed by atoms with Crippen LogP contribution in [0.15, 0.2) is 72.8 Å². The van der Waals surface area contributed by atoms with Crippen LogP contribution in [0.1, 0.15) is 0 Å². The van der Waals surface area contributed by atoms with E-state index in [9.17, 15) is 0 Å². The van der Waals surface area contributed by atoms with E-state index in [4.69, 9.17) is 20.4 Å². The van der Waals surface area contributed by atoms with Crippen LogP contribution in [-0.4, -0.2) is 20.4 Å². The minimum Gasteiger partial charge on any atom is -0.149 e. The Morgan fingerprint density at radius 3 is 0.933 bits per heavy atom. The van der Waals surface area contributed by atoms with Gasteiger partial charge in [-0.1, -0.05) is 72.8 Å². The molecule has 6 aromatic carbocycles. The first-order valence-corrected chi connectivity index (χ1v) is 10.0. The van der Waals surface area contributed by atoms with E-state index in [0.717, 1.165) is 54.4 Å². The summed E-state index contributed by atoms with van der Waals surface area (Å²) >= 11 is 0. The second kappa shape index (κ2) is 4.86. The van der Waals surface area contributed by atoms with Gasteiger partial charge in [-0.05, 0) is 10.8 Å². The van der Waals surface area contributed by atoms with Crippen molar-refractivity contribution in [2.45, 2.75) is 0 Å². The quantitative estimate of drug-likeness (QED) is 0.232. The molecule has 2 heterocycles. The fraction of sp³-hybridized carbons (Fsp3) is 0. The van der Waals surface area contributed by atoms with Crippen LogP contribution in [0.4, 0.5) is 0 Å². The van der Waals surface area contributed by atoms with Gasteiger partial charge < -0.3 is 0 Å². The molecule has 8 rings (SSSR count). The lowest BCUT2D eigenvalue weighted by molar-refractivity contribution is 1.11. The van der Waals surface area contributed by atoms with E-state index in [2.05, 4.69) is 72.8 Å². The monoisotopic (exact) mass is 380 g/mol. The fourth-order valence-electron chi connectivity index (χ4n) is 5.32. The van der Waals surface area contributed by atoms with E-state index in [1.165, 1.54) is 21.5 Å². The highest BCUT2D eigenvalue weighted by atomic mass is 15.1. The summed E-state index contributed by atoms with van der Waals surface area (Å²) in [4.78, 5) is 0. The number of nitrogens with zero attached hydrogens (tertiary/aromatic N) is 4. The normalized spacial score (nSPS) is 12.7. The summed E-state index contributed by atoms with van der Waals surface area (Å²) in [7, 11) is 0. The predicted octanol–water partition coefficient (Wildman–Crippen LogP) is 6.21. The van der Waals surface area contributed by atoms with Crippen molar-refractivity contribution in [3.8, 4) is 0 Å². The molecule has 0 unspecified atom stereocenters. The first kappa shape index (κ1) is 14.8. The first-order chi connectivity index (χ1) is 14.9. The fourth-order valence-corrected chi connectivity index (χ4v) is 5.32. The van der Waals surface area contributed by atoms with Crippen LogP contribution in [0.2, 0.25) is 0 Å². The van der Waals surface area contributed by atoms with Gasteiger partial charge in [0.1, 0.15) is 22.1 Å². The molecule has 30 heavy (non-hydrogen) atoms. The van der Waals surface area contributed by atoms with Gasteiger partial charge in [0.15, 0.2) is 0 Å². The molecule has 0 saturated heterocycles. The minimum absolute atomic E-state index is 0.899. The molecule has 136 valence electrons. The highest BCUT2D eigenvalue weighted by Crippen LogP contribution is 2.43. The maximum absolute atomic E-state index is 4.75. The second-order valence-electron chi connectivity index (χ2n) is 7.96. The van der Waals surface area contributed by atoms with Crippen molar-refractivity contribution < 1.29 is 0 Å². The summed E-state index contributed by atoms with van der Waals surface area (Å²) in [6.07, 6.45) is 0. The molecular weight excluding hydrogens is 368 g/mol. The molecule has 4 nitrogen and oxygen atoms in total. The van der Waals surface area contributed by atoms with E-state index in [1.54, 1.807) is 0 Å². The Hall–Kier alpha value is -4.18. The Morgan fingerprint density at radius 1 is 0.333 bits per heavy atom. The van der Waals surface area contributed by atoms with Gasteiger partial charge in [-0.3, -0.25) is 0 Å². The minimum atomic E-state index is 0.899. The van der Waals surface area contributed by atoms with Crippen molar-refractivity contribution in [1.29, 1.82) is 0 Å². The molecule has 2 aromatic heterocycles. The average Bonchev–Trinajstić information content (AvgIpc) is 2.81. The van der Waals surface area contributed by atoms with Gasteiger partial charge >= 0.3 is 0 Å². The van der Waals surface area contributed by atoms with Crippen LogP contribution in [-0.2, 0) is 0 Å². The lowest BCUT2D eigenvalue weighted by Crippen LogP contribution is -1.99. The Morgan fingerprint density at radius 2 is 0.633 bits per heavy atom. The third-order valence-corrected chi connectivity index (χ3v) is 6.53. The molecule has 4 heteroatoms. The number of aromatic nitrogens is 4. The zero-order valence-electron chi connectivity index (χ0n) is 15.7. The lowest BCUT2D eigenvalue weighted by Gasteiger charge is -2.16. The second-order valence-corrected chi connectivity index (χ2v) is 7.96. The molecule has 0 atom stereocenters. The highest BCUT2D eigenvalue weighted by Gasteiger charge is 2.21. The zero-order valence-corrected chi connectivity index (χ0v) is 15.7. The van der Waals surface area contributed by atoms with Crippen molar-refractivity contribution in [1.82, 2.24) is 20.4 Å². The summed E-state index contributed by atoms with van der Waals surface area (Å²) in [5, 5.41) is 30.3. The van der Waals surface area contributed by atoms with Gasteiger partial charge in [0, 0.05) is 43.1 Å². The molecule has 0 fully saturated rings. The van der Waals surface area contributed by atoms with Gasteiger partial charge in [0.2, 0.25) is 0 Å². The van der Waals surface area contributed by atoms with Gasteiger partial charge in [-0.25, -0.2) is 0 Å². The molecule has 8 aromatic rings. The SMILES string of the molecule is c1cc2cccc3c4nnc5c6cccc7cccc(c8nnc(c(c1)c23)c4c85)c76. The molecule has 0 aliphatic carbocycles. The van der Waals surface area contributed by atoms with E-state index < -0.39 is 0 Å². The smallest absolute Gasteiger partial charge is 0.104 e. The van der Waals surface area contributed by atoms with E-state index in [0.29, 0.717) is 0 Å². The predicted molar refractivity (Wildman–Crippen MR) is 123 cm³/mol. The van der Waals surface area contributed by atoms with Crippen LogP contribution in [0.3, 0.4) is 0 Å². The van der Waals surface area contributed by atoms with Crippen LogP contribution >= 0.6 is 0 Å². The standard InChI is InChI=1S/C26H12N4/c1-5-13-6-2-10-16-19(13)15(9-1)23-21-22-25(28-27-23)17-11-3-7-14-8-4-12-18(20(14)17)26(22)30-29-24(16)21/h1-12H. The molecule has 0 bridgehead atoms. The van der Waals surface area contributed by atoms with E-state index in [-0.39, 0.29) is 0 Å². The molecule has 0 saturated carbocycles. The van der Waals surface area contributed by atoms with Crippen molar-refractivity contribution in [2.24, 2.45) is 0 Å². The Bertz CT molecular complexity index is 1680. The summed E-state index contributed by atoms with van der Waals surface area (Å²) in [6, 6.07) is 25.4. The molecule has 0 amide bonds. The molecule has 0 N–H and O–H groups in total. The number of benzene rings is 6. The zero-order chi connectivity index (χ0) is 19.4. The molecule has 0 radical (unpaired) electrons. The maximum atomic E-state index is 4.75. The van der Waals surface area contributed by atoms with Crippen LogP contribution in [0, 0.1) is 0 Å². The molecular formula is C26H12N4. The molecule has 0 spiro atoms. The van der Waals surface area contributed by atoms with Gasteiger partial charge in [0.05, 0.1) is 0 Å². The summed E-state index contributed by atoms with van der Waals surface area (Å²) < 4.78 is 0. The van der Waals surface area contributed by atoms with Crippen LogP contribution in [0.25, 0.3) is 75.9 Å². The van der Waals surface area contributed by atoms with Crippen molar-refractivity contribution >= 4 is 75.9 Å². The topological polar surface area (TPSA) is 51.6 Å². The summed E-state index contributed by atoms with van der Waals surface area (Å²) in [6.45, 7) is 0. The third kappa shape index (κ3) is 1.54. The Balaban J connectivity index is 1.80. The highest BCUT2D eigenvalue weighted by molar-refractivity contribution is 6.39. The van der Waals surface area contributed by atoms with Gasteiger partial charge in [-0.2, -0.15) is 0 Å². The first-order valence-electron chi connectivity index (χ1n) is 10.0. The maximum Gasteiger partial charge on any atom is 0.104 e. The Kier molecular flexibility index (Phi) is 2.39. The van der Waals surface area contributed by atoms with Crippen molar-refractivity contribution in [3.05, 3.63) is 72.8 Å².